The van der Waals surface area contributed by atoms with Crippen LogP contribution in [0.25, 0.3) is 0 Å². The molecule has 188 valence electrons. The molecular formula is C23H31ClN2O7P-. The van der Waals surface area contributed by atoms with Crippen LogP contribution in [0.5, 0.6) is 11.5 Å². The van der Waals surface area contributed by atoms with Gasteiger partial charge in [0.05, 0.1) is 19.4 Å². The first-order valence-electron chi connectivity index (χ1n) is 11.1. The number of anilines is 1. The minimum absolute atomic E-state index is 0.148. The number of esters is 1. The summed E-state index contributed by atoms with van der Waals surface area (Å²) in [6, 6.07) is 10.9. The van der Waals surface area contributed by atoms with Crippen molar-refractivity contribution in [3.05, 3.63) is 58.8 Å². The van der Waals surface area contributed by atoms with Crippen LogP contribution >= 0.6 is 19.3 Å². The molecule has 0 aromatic heterocycles. The Labute approximate surface area is 205 Å². The van der Waals surface area contributed by atoms with Crippen molar-refractivity contribution in [2.24, 2.45) is 0 Å². The second-order valence-electron chi connectivity index (χ2n) is 7.50. The molecule has 0 unspecified atom stereocenters. The van der Waals surface area contributed by atoms with Gasteiger partial charge in [0.25, 0.3) is 0 Å². The number of ether oxygens (including phenoxy) is 1. The second kappa shape index (κ2) is 14.2. The Morgan fingerprint density at radius 3 is 2.15 bits per heavy atom. The molecular weight excluding hydrogens is 483 g/mol. The molecule has 0 saturated carbocycles. The van der Waals surface area contributed by atoms with E-state index in [1.165, 1.54) is 50.4 Å². The van der Waals surface area contributed by atoms with Gasteiger partial charge in [-0.2, -0.15) is 5.09 Å². The van der Waals surface area contributed by atoms with Gasteiger partial charge in [0.15, 0.2) is 0 Å². The summed E-state index contributed by atoms with van der Waals surface area (Å²) < 4.78 is 30.1. The quantitative estimate of drug-likeness (QED) is 0.128. The van der Waals surface area contributed by atoms with Crippen molar-refractivity contribution in [2.75, 3.05) is 18.9 Å². The van der Waals surface area contributed by atoms with Crippen LogP contribution in [0.3, 0.4) is 0 Å². The molecule has 0 aliphatic heterocycles. The third-order valence-electron chi connectivity index (χ3n) is 4.68. The van der Waals surface area contributed by atoms with Crippen molar-refractivity contribution in [1.29, 1.82) is 0 Å². The minimum Gasteiger partial charge on any atom is -0.733 e. The summed E-state index contributed by atoms with van der Waals surface area (Å²) in [5, 5.41) is 15.0. The Morgan fingerprint density at radius 1 is 1.03 bits per heavy atom. The van der Waals surface area contributed by atoms with Crippen molar-refractivity contribution in [3.63, 3.8) is 0 Å². The van der Waals surface area contributed by atoms with Gasteiger partial charge in [0, 0.05) is 5.02 Å². The molecule has 2 atom stereocenters. The molecule has 0 aliphatic rings. The fraction of sp³-hybridized carbons (Fsp3) is 0.435. The number of rotatable bonds is 15. The van der Waals surface area contributed by atoms with Crippen LogP contribution in [-0.2, 0) is 18.9 Å². The van der Waals surface area contributed by atoms with E-state index >= 15 is 0 Å². The summed E-state index contributed by atoms with van der Waals surface area (Å²) in [5.41, 5.74) is 0.215. The van der Waals surface area contributed by atoms with Gasteiger partial charge in [-0.15, -0.1) is 0 Å². The minimum atomic E-state index is -4.10. The summed E-state index contributed by atoms with van der Waals surface area (Å²) in [5.74, 6) is -0.204. The number of carbonyl (C=O) groups excluding carboxylic acids is 1. The van der Waals surface area contributed by atoms with E-state index < -0.39 is 19.8 Å². The normalized spacial score (nSPS) is 13.6. The highest BCUT2D eigenvalue weighted by atomic mass is 35.5. The van der Waals surface area contributed by atoms with E-state index in [9.17, 15) is 14.6 Å². The van der Waals surface area contributed by atoms with Gasteiger partial charge in [0.1, 0.15) is 17.5 Å². The maximum absolute atomic E-state index is 13.6. The van der Waals surface area contributed by atoms with Gasteiger partial charge in [-0.3, -0.25) is 9.63 Å². The Balaban J connectivity index is 2.08. The Hall–Kier alpha value is -2.29. The lowest BCUT2D eigenvalue weighted by molar-refractivity contribution is -0.145. The topological polar surface area (TPSA) is 109 Å². The number of benzene rings is 2. The summed E-state index contributed by atoms with van der Waals surface area (Å²) in [4.78, 5) is 17.0. The maximum Gasteiger partial charge on any atom is 0.513 e. The van der Waals surface area contributed by atoms with Crippen LogP contribution in [0.4, 0.5) is 5.69 Å². The average Bonchev–Trinajstić information content (AvgIpc) is 2.82. The molecule has 1 N–H and O–H groups in total. The molecule has 0 bridgehead atoms. The van der Waals surface area contributed by atoms with Crippen LogP contribution in [0, 0.1) is 5.21 Å². The smallest absolute Gasteiger partial charge is 0.513 e. The summed E-state index contributed by atoms with van der Waals surface area (Å²) in [7, 11) is -2.87. The molecule has 11 heteroatoms. The first-order chi connectivity index (χ1) is 16.3. The predicted octanol–water partition coefficient (Wildman–Crippen LogP) is 6.26. The molecule has 2 aromatic rings. The van der Waals surface area contributed by atoms with E-state index in [0.717, 1.165) is 32.1 Å². The zero-order valence-electron chi connectivity index (χ0n) is 19.6. The van der Waals surface area contributed by atoms with E-state index in [2.05, 4.69) is 16.8 Å². The SMILES string of the molecule is CCCCCCCOC(=O)[C@H](C)N[P@@](=O)(Oc1ccc(Cl)cc1)Oc1ccc(N([O-])OC)cc1. The third-order valence-corrected chi connectivity index (χ3v) is 6.53. The van der Waals surface area contributed by atoms with Crippen molar-refractivity contribution in [1.82, 2.24) is 5.09 Å². The van der Waals surface area contributed by atoms with Crippen LogP contribution in [0.2, 0.25) is 5.02 Å². The monoisotopic (exact) mass is 513 g/mol. The number of nitrogens with one attached hydrogen (secondary N) is 1. The highest BCUT2D eigenvalue weighted by Gasteiger charge is 2.33. The Morgan fingerprint density at radius 2 is 1.59 bits per heavy atom. The molecule has 0 saturated heterocycles. The molecule has 0 aliphatic carbocycles. The lowest BCUT2D eigenvalue weighted by Crippen LogP contribution is -2.36. The highest BCUT2D eigenvalue weighted by Crippen LogP contribution is 2.45. The van der Waals surface area contributed by atoms with E-state index in [-0.39, 0.29) is 23.8 Å². The molecule has 34 heavy (non-hydrogen) atoms. The lowest BCUT2D eigenvalue weighted by Gasteiger charge is -2.27. The fourth-order valence-electron chi connectivity index (χ4n) is 2.87. The molecule has 0 radical (unpaired) electrons. The number of carbonyl (C=O) groups is 1. The number of hydrogen-bond acceptors (Lipinski definition) is 8. The largest absolute Gasteiger partial charge is 0.733 e. The summed E-state index contributed by atoms with van der Waals surface area (Å²) >= 11 is 5.91. The molecule has 0 spiro atoms. The second-order valence-corrected chi connectivity index (χ2v) is 9.55. The average molecular weight is 514 g/mol. The van der Waals surface area contributed by atoms with Gasteiger partial charge < -0.3 is 24.2 Å². The van der Waals surface area contributed by atoms with Gasteiger partial charge in [0.2, 0.25) is 0 Å². The zero-order valence-corrected chi connectivity index (χ0v) is 21.2. The maximum atomic E-state index is 13.6. The molecule has 2 aromatic carbocycles. The van der Waals surface area contributed by atoms with Gasteiger partial charge in [-0.05, 0) is 61.9 Å². The molecule has 2 rings (SSSR count). The van der Waals surface area contributed by atoms with Crippen molar-refractivity contribution in [2.45, 2.75) is 52.0 Å². The molecule has 0 fully saturated rings. The van der Waals surface area contributed by atoms with E-state index in [1.807, 2.05) is 0 Å². The van der Waals surface area contributed by atoms with Gasteiger partial charge in [-0.1, -0.05) is 44.2 Å². The van der Waals surface area contributed by atoms with Crippen LogP contribution < -0.4 is 19.4 Å². The van der Waals surface area contributed by atoms with Crippen LogP contribution in [0.15, 0.2) is 48.5 Å². The lowest BCUT2D eigenvalue weighted by atomic mass is 10.2. The van der Waals surface area contributed by atoms with Crippen molar-refractivity contribution < 1.29 is 28.0 Å². The third kappa shape index (κ3) is 9.52. The first-order valence-corrected chi connectivity index (χ1v) is 13.0. The van der Waals surface area contributed by atoms with E-state index in [0.29, 0.717) is 10.2 Å². The predicted molar refractivity (Wildman–Crippen MR) is 132 cm³/mol. The number of nitrogens with zero attached hydrogens (tertiary/aromatic N) is 1. The fourth-order valence-corrected chi connectivity index (χ4v) is 4.52. The summed E-state index contributed by atoms with van der Waals surface area (Å²) in [6.45, 7) is 3.92. The van der Waals surface area contributed by atoms with Crippen molar-refractivity contribution in [3.8, 4) is 11.5 Å². The summed E-state index contributed by atoms with van der Waals surface area (Å²) in [6.07, 6.45) is 5.11. The molecule has 9 nitrogen and oxygen atoms in total. The van der Waals surface area contributed by atoms with Gasteiger partial charge in [-0.25, -0.2) is 4.57 Å². The Kier molecular flexibility index (Phi) is 11.7. The van der Waals surface area contributed by atoms with Crippen molar-refractivity contribution >= 4 is 31.0 Å². The number of hydrogen-bond donors (Lipinski definition) is 1. The molecule has 0 heterocycles. The Bertz CT molecular complexity index is 928. The van der Waals surface area contributed by atoms with E-state index in [4.69, 9.17) is 25.4 Å². The van der Waals surface area contributed by atoms with E-state index in [1.54, 1.807) is 12.1 Å². The molecule has 0 amide bonds. The first kappa shape index (κ1) is 28.0. The number of unbranched alkanes of at least 4 members (excludes halogenated alkanes) is 4. The number of halogens is 1. The highest BCUT2D eigenvalue weighted by molar-refractivity contribution is 7.52. The van der Waals surface area contributed by atoms with Crippen LogP contribution in [0.1, 0.15) is 46.0 Å². The van der Waals surface area contributed by atoms with Gasteiger partial charge >= 0.3 is 13.7 Å². The zero-order chi connectivity index (χ0) is 25.0. The standard InChI is InChI=1S/C23H31ClN2O7P/c1-4-5-6-7-8-17-31-23(27)18(2)25-34(29,32-21-13-9-19(24)10-14-21)33-22-15-11-20(12-16-22)26(28)30-3/h9-16,18H,4-8,17H2,1-3H3,(H,25,29)/q-1/t18-,34+/m0/s1. The van der Waals surface area contributed by atoms with Crippen LogP contribution in [-0.4, -0.2) is 25.7 Å².